The van der Waals surface area contributed by atoms with Gasteiger partial charge in [0.05, 0.1) is 12.1 Å². The quantitative estimate of drug-likeness (QED) is 0.482. The molecular weight excluding hydrogens is 416 g/mol. The first-order valence-corrected chi connectivity index (χ1v) is 11.4. The van der Waals surface area contributed by atoms with Crippen molar-refractivity contribution >= 4 is 16.9 Å². The fourth-order valence-corrected chi connectivity index (χ4v) is 4.59. The normalized spacial score (nSPS) is 18.5. The van der Waals surface area contributed by atoms with Gasteiger partial charge in [0.2, 0.25) is 0 Å². The fraction of sp³-hybridized carbons (Fsp3) is 0.346. The Morgan fingerprint density at radius 1 is 1.18 bits per heavy atom. The van der Waals surface area contributed by atoms with Crippen LogP contribution in [-0.4, -0.2) is 37.7 Å². The van der Waals surface area contributed by atoms with Crippen LogP contribution in [0.15, 0.2) is 53.3 Å². The van der Waals surface area contributed by atoms with Gasteiger partial charge in [-0.3, -0.25) is 4.79 Å². The lowest BCUT2D eigenvalue weighted by molar-refractivity contribution is 0.0714. The molecule has 1 aromatic carbocycles. The molecule has 1 fully saturated rings. The Morgan fingerprint density at radius 3 is 2.70 bits per heavy atom. The van der Waals surface area contributed by atoms with Crippen LogP contribution in [0.2, 0.25) is 0 Å². The molecule has 3 aromatic heterocycles. The molecule has 5 rings (SSSR count). The largest absolute Gasteiger partial charge is 0.449 e. The standard InChI is InChI=1S/C26H28N4O3/c1-16-27-23(15-33-16)18-9-7-17(8-10-18)13-19-14-22(28-25-20(19)11-12-30(25)2)26(32)29-21-5-3-4-6-24(21)31/h7-12,14-15,21,24,31H,3-6,13H2,1-2H3,(H,29,32)/t21-,24-/m0/s1. The van der Waals surface area contributed by atoms with E-state index in [1.807, 2.05) is 49.0 Å². The van der Waals surface area contributed by atoms with Gasteiger partial charge in [-0.05, 0) is 42.5 Å². The van der Waals surface area contributed by atoms with Gasteiger partial charge in [0, 0.05) is 31.1 Å². The Hall–Kier alpha value is -3.45. The van der Waals surface area contributed by atoms with E-state index in [2.05, 4.69) is 27.4 Å². The Balaban J connectivity index is 1.42. The van der Waals surface area contributed by atoms with Crippen molar-refractivity contribution in [2.45, 2.75) is 51.2 Å². The summed E-state index contributed by atoms with van der Waals surface area (Å²) in [7, 11) is 1.93. The van der Waals surface area contributed by atoms with Crippen LogP contribution < -0.4 is 5.32 Å². The van der Waals surface area contributed by atoms with E-state index < -0.39 is 6.10 Å². The lowest BCUT2D eigenvalue weighted by atomic mass is 9.92. The maximum absolute atomic E-state index is 13.0. The number of amides is 1. The van der Waals surface area contributed by atoms with E-state index in [-0.39, 0.29) is 11.9 Å². The summed E-state index contributed by atoms with van der Waals surface area (Å²) in [5, 5.41) is 14.3. The second kappa shape index (κ2) is 8.83. The number of carbonyl (C=O) groups is 1. The zero-order valence-corrected chi connectivity index (χ0v) is 18.9. The number of benzene rings is 1. The van der Waals surface area contributed by atoms with E-state index in [1.54, 1.807) is 6.26 Å². The van der Waals surface area contributed by atoms with E-state index in [9.17, 15) is 9.90 Å². The minimum absolute atomic E-state index is 0.215. The molecule has 170 valence electrons. The minimum atomic E-state index is -0.493. The van der Waals surface area contributed by atoms with Crippen molar-refractivity contribution in [3.63, 3.8) is 0 Å². The van der Waals surface area contributed by atoms with Gasteiger partial charge in [-0.1, -0.05) is 37.1 Å². The van der Waals surface area contributed by atoms with Crippen LogP contribution in [0, 0.1) is 6.92 Å². The molecule has 1 aliphatic rings. The van der Waals surface area contributed by atoms with Crippen LogP contribution >= 0.6 is 0 Å². The molecule has 1 amide bonds. The average molecular weight is 445 g/mol. The Morgan fingerprint density at radius 2 is 1.97 bits per heavy atom. The van der Waals surface area contributed by atoms with Gasteiger partial charge in [-0.15, -0.1) is 0 Å². The van der Waals surface area contributed by atoms with Crippen LogP contribution in [0.25, 0.3) is 22.3 Å². The van der Waals surface area contributed by atoms with Gasteiger partial charge in [0.1, 0.15) is 23.3 Å². The number of nitrogens with one attached hydrogen (secondary N) is 1. The van der Waals surface area contributed by atoms with Gasteiger partial charge in [-0.25, -0.2) is 9.97 Å². The summed E-state index contributed by atoms with van der Waals surface area (Å²) in [4.78, 5) is 22.1. The SMILES string of the molecule is Cc1nc(-c2ccc(Cc3cc(C(=O)N[C@H]4CCCC[C@@H]4O)nc4c3ccn4C)cc2)co1. The lowest BCUT2D eigenvalue weighted by Crippen LogP contribution is -2.45. The van der Waals surface area contributed by atoms with Crippen molar-refractivity contribution in [3.05, 3.63) is 71.6 Å². The zero-order valence-electron chi connectivity index (χ0n) is 18.9. The topological polar surface area (TPSA) is 93.2 Å². The number of nitrogens with zero attached hydrogens (tertiary/aromatic N) is 3. The first-order valence-electron chi connectivity index (χ1n) is 11.4. The molecule has 4 aromatic rings. The second-order valence-electron chi connectivity index (χ2n) is 8.89. The summed E-state index contributed by atoms with van der Waals surface area (Å²) >= 11 is 0. The van der Waals surface area contributed by atoms with Crippen molar-refractivity contribution < 1.29 is 14.3 Å². The second-order valence-corrected chi connectivity index (χ2v) is 8.89. The molecule has 7 heteroatoms. The number of fused-ring (bicyclic) bond motifs is 1. The van der Waals surface area contributed by atoms with Gasteiger partial charge >= 0.3 is 0 Å². The third-order valence-electron chi connectivity index (χ3n) is 6.46. The maximum atomic E-state index is 13.0. The van der Waals surface area contributed by atoms with E-state index >= 15 is 0 Å². The number of rotatable bonds is 5. The van der Waals surface area contributed by atoms with E-state index in [0.29, 0.717) is 18.0 Å². The molecule has 0 aliphatic heterocycles. The van der Waals surface area contributed by atoms with Gasteiger partial charge in [-0.2, -0.15) is 0 Å². The Labute approximate surface area is 192 Å². The van der Waals surface area contributed by atoms with Gasteiger partial charge < -0.3 is 19.4 Å². The molecule has 0 unspecified atom stereocenters. The number of hydrogen-bond donors (Lipinski definition) is 2. The van der Waals surface area contributed by atoms with Gasteiger partial charge in [0.15, 0.2) is 5.89 Å². The first kappa shape index (κ1) is 21.4. The number of aliphatic hydroxyl groups excluding tert-OH is 1. The predicted octanol–water partition coefficient (Wildman–Crippen LogP) is 4.16. The minimum Gasteiger partial charge on any atom is -0.449 e. The number of hydrogen-bond acceptors (Lipinski definition) is 5. The van der Waals surface area contributed by atoms with Crippen LogP contribution in [0.1, 0.15) is 53.2 Å². The van der Waals surface area contributed by atoms with E-state index in [0.717, 1.165) is 59.1 Å². The number of carbonyl (C=O) groups excluding carboxylic acids is 1. The smallest absolute Gasteiger partial charge is 0.270 e. The third kappa shape index (κ3) is 4.41. The lowest BCUT2D eigenvalue weighted by Gasteiger charge is -2.28. The molecule has 0 spiro atoms. The fourth-order valence-electron chi connectivity index (χ4n) is 4.59. The molecule has 2 N–H and O–H groups in total. The first-order chi connectivity index (χ1) is 16.0. The van der Waals surface area contributed by atoms with Crippen molar-refractivity contribution in [1.82, 2.24) is 19.9 Å². The molecule has 2 atom stereocenters. The molecule has 1 aliphatic carbocycles. The third-order valence-corrected chi connectivity index (χ3v) is 6.46. The molecule has 7 nitrogen and oxygen atoms in total. The highest BCUT2D eigenvalue weighted by Gasteiger charge is 2.26. The number of aliphatic hydroxyl groups is 1. The van der Waals surface area contributed by atoms with Gasteiger partial charge in [0.25, 0.3) is 5.91 Å². The highest BCUT2D eigenvalue weighted by atomic mass is 16.3. The summed E-state index contributed by atoms with van der Waals surface area (Å²) in [5.41, 5.74) is 5.14. The zero-order chi connectivity index (χ0) is 22.9. The molecule has 33 heavy (non-hydrogen) atoms. The summed E-state index contributed by atoms with van der Waals surface area (Å²) in [6.07, 6.45) is 7.34. The van der Waals surface area contributed by atoms with Crippen molar-refractivity contribution in [2.75, 3.05) is 0 Å². The van der Waals surface area contributed by atoms with Crippen LogP contribution in [0.3, 0.4) is 0 Å². The summed E-state index contributed by atoms with van der Waals surface area (Å²) in [6, 6.07) is 11.9. The molecule has 1 saturated carbocycles. The summed E-state index contributed by atoms with van der Waals surface area (Å²) in [5.74, 6) is 0.408. The van der Waals surface area contributed by atoms with Crippen molar-refractivity contribution in [1.29, 1.82) is 0 Å². The van der Waals surface area contributed by atoms with Crippen LogP contribution in [-0.2, 0) is 13.5 Å². The van der Waals surface area contributed by atoms with Crippen molar-refractivity contribution in [3.8, 4) is 11.3 Å². The van der Waals surface area contributed by atoms with Crippen LogP contribution in [0.4, 0.5) is 0 Å². The molecule has 0 radical (unpaired) electrons. The number of aryl methyl sites for hydroxylation is 2. The highest BCUT2D eigenvalue weighted by molar-refractivity contribution is 5.95. The molecule has 0 bridgehead atoms. The maximum Gasteiger partial charge on any atom is 0.270 e. The Bertz CT molecular complexity index is 1290. The monoisotopic (exact) mass is 444 g/mol. The molecular formula is C26H28N4O3. The Kier molecular flexibility index (Phi) is 5.72. The number of oxazole rings is 1. The number of pyridine rings is 1. The summed E-state index contributed by atoms with van der Waals surface area (Å²) in [6.45, 7) is 1.83. The molecule has 0 saturated heterocycles. The molecule has 3 heterocycles. The number of aromatic nitrogens is 3. The van der Waals surface area contributed by atoms with E-state index in [1.165, 1.54) is 0 Å². The van der Waals surface area contributed by atoms with E-state index in [4.69, 9.17) is 4.42 Å². The predicted molar refractivity (Wildman–Crippen MR) is 126 cm³/mol. The average Bonchev–Trinajstić information content (AvgIpc) is 3.42. The van der Waals surface area contributed by atoms with Crippen LogP contribution in [0.5, 0.6) is 0 Å². The van der Waals surface area contributed by atoms with Crippen molar-refractivity contribution in [2.24, 2.45) is 7.05 Å². The summed E-state index contributed by atoms with van der Waals surface area (Å²) < 4.78 is 7.25. The highest BCUT2D eigenvalue weighted by Crippen LogP contribution is 2.25.